The van der Waals surface area contributed by atoms with Crippen LogP contribution in [0.5, 0.6) is 11.5 Å². The topological polar surface area (TPSA) is 52.9 Å². The Balaban J connectivity index is 1.33. The van der Waals surface area contributed by atoms with E-state index < -0.39 is 23.2 Å². The number of carbonyl (C=O) groups is 1. The van der Waals surface area contributed by atoms with Crippen LogP contribution in [-0.4, -0.2) is 48.8 Å². The smallest absolute Gasteiger partial charge is 0.419 e. The second-order valence-corrected chi connectivity index (χ2v) is 9.60. The van der Waals surface area contributed by atoms with Gasteiger partial charge in [-0.25, -0.2) is 0 Å². The third-order valence-electron chi connectivity index (χ3n) is 6.84. The molecule has 0 atom stereocenters. The third kappa shape index (κ3) is 4.90. The maximum absolute atomic E-state index is 13.7. The highest BCUT2D eigenvalue weighted by Crippen LogP contribution is 2.46. The van der Waals surface area contributed by atoms with Crippen molar-refractivity contribution < 1.29 is 32.2 Å². The molecule has 37 heavy (non-hydrogen) atoms. The van der Waals surface area contributed by atoms with E-state index in [4.69, 9.17) is 25.8 Å². The molecule has 0 bridgehead atoms. The second-order valence-electron chi connectivity index (χ2n) is 9.17. The standard InChI is InChI=1S/C27H26ClF3N2O4/c1-35-14-3-15-36-22-8-5-18(16-20(22)27(29,30)31)25(34)32-12-9-26(10-13-32)24-4-2-11-33(24)21-7-6-19(28)17-23(21)37-26/h2,4-8,11,16-17H,3,9-10,12-15H2,1H3. The third-order valence-corrected chi connectivity index (χ3v) is 7.08. The lowest BCUT2D eigenvalue weighted by Crippen LogP contribution is -2.50. The molecule has 10 heteroatoms. The molecule has 2 aliphatic rings. The molecule has 1 saturated heterocycles. The molecule has 2 aromatic carbocycles. The summed E-state index contributed by atoms with van der Waals surface area (Å²) in [5.74, 6) is -0.0979. The summed E-state index contributed by atoms with van der Waals surface area (Å²) < 4.78 is 60.0. The predicted octanol–water partition coefficient (Wildman–Crippen LogP) is 6.09. The van der Waals surface area contributed by atoms with E-state index in [0.29, 0.717) is 49.7 Å². The number of hydrogen-bond donors (Lipinski definition) is 0. The Labute approximate surface area is 217 Å². The molecule has 1 aromatic heterocycles. The number of hydrogen-bond acceptors (Lipinski definition) is 4. The number of alkyl halides is 3. The van der Waals surface area contributed by atoms with Crippen LogP contribution in [0.2, 0.25) is 5.02 Å². The molecule has 1 fully saturated rings. The van der Waals surface area contributed by atoms with Crippen LogP contribution in [0.25, 0.3) is 5.69 Å². The fraction of sp³-hybridized carbons (Fsp3) is 0.370. The van der Waals surface area contributed by atoms with E-state index in [2.05, 4.69) is 4.57 Å². The van der Waals surface area contributed by atoms with Crippen molar-refractivity contribution >= 4 is 17.5 Å². The molecular weight excluding hydrogens is 509 g/mol. The monoisotopic (exact) mass is 534 g/mol. The van der Waals surface area contributed by atoms with Crippen LogP contribution in [-0.2, 0) is 16.5 Å². The van der Waals surface area contributed by atoms with Gasteiger partial charge in [0.2, 0.25) is 0 Å². The van der Waals surface area contributed by atoms with E-state index >= 15 is 0 Å². The molecule has 3 aromatic rings. The lowest BCUT2D eigenvalue weighted by molar-refractivity contribution is -0.139. The highest BCUT2D eigenvalue weighted by atomic mass is 35.5. The van der Waals surface area contributed by atoms with Crippen molar-refractivity contribution in [3.05, 3.63) is 76.6 Å². The highest BCUT2D eigenvalue weighted by molar-refractivity contribution is 6.30. The predicted molar refractivity (Wildman–Crippen MR) is 132 cm³/mol. The van der Waals surface area contributed by atoms with Crippen molar-refractivity contribution in [1.29, 1.82) is 0 Å². The summed E-state index contributed by atoms with van der Waals surface area (Å²) in [5, 5.41) is 0.559. The van der Waals surface area contributed by atoms with Gasteiger partial charge in [-0.3, -0.25) is 4.79 Å². The number of likely N-dealkylation sites (tertiary alicyclic amines) is 1. The van der Waals surface area contributed by atoms with E-state index in [1.54, 1.807) is 17.0 Å². The van der Waals surface area contributed by atoms with Crippen LogP contribution in [0, 0.1) is 0 Å². The largest absolute Gasteiger partial charge is 0.493 e. The maximum Gasteiger partial charge on any atom is 0.419 e. The number of fused-ring (bicyclic) bond motifs is 4. The lowest BCUT2D eigenvalue weighted by Gasteiger charge is -2.45. The zero-order valence-electron chi connectivity index (χ0n) is 20.2. The summed E-state index contributed by atoms with van der Waals surface area (Å²) in [4.78, 5) is 14.8. The number of nitrogens with zero attached hydrogens (tertiary/aromatic N) is 2. The first-order valence-corrected chi connectivity index (χ1v) is 12.4. The Hall–Kier alpha value is -3.17. The minimum Gasteiger partial charge on any atom is -0.493 e. The number of methoxy groups -OCH3 is 1. The number of halogens is 4. The van der Waals surface area contributed by atoms with Gasteiger partial charge >= 0.3 is 6.18 Å². The van der Waals surface area contributed by atoms with Gasteiger partial charge in [0.15, 0.2) is 5.60 Å². The molecule has 0 aliphatic carbocycles. The molecule has 0 unspecified atom stereocenters. The molecule has 1 spiro atoms. The molecule has 0 radical (unpaired) electrons. The quantitative estimate of drug-likeness (QED) is 0.359. The van der Waals surface area contributed by atoms with Gasteiger partial charge in [-0.15, -0.1) is 0 Å². The van der Waals surface area contributed by atoms with Gasteiger partial charge < -0.3 is 23.7 Å². The lowest BCUT2D eigenvalue weighted by atomic mass is 9.86. The number of piperidine rings is 1. The van der Waals surface area contributed by atoms with Gasteiger partial charge in [-0.1, -0.05) is 11.6 Å². The zero-order chi connectivity index (χ0) is 26.2. The number of amides is 1. The summed E-state index contributed by atoms with van der Waals surface area (Å²) >= 11 is 6.20. The number of carbonyl (C=O) groups excluding carboxylic acids is 1. The van der Waals surface area contributed by atoms with Crippen LogP contribution >= 0.6 is 11.6 Å². The number of aromatic nitrogens is 1. The van der Waals surface area contributed by atoms with Crippen molar-refractivity contribution in [2.24, 2.45) is 0 Å². The van der Waals surface area contributed by atoms with Crippen LogP contribution in [0.1, 0.15) is 40.9 Å². The number of ether oxygens (including phenoxy) is 3. The van der Waals surface area contributed by atoms with E-state index in [0.717, 1.165) is 17.4 Å². The van der Waals surface area contributed by atoms with E-state index in [9.17, 15) is 18.0 Å². The van der Waals surface area contributed by atoms with E-state index in [-0.39, 0.29) is 17.9 Å². The van der Waals surface area contributed by atoms with E-state index in [1.807, 2.05) is 24.4 Å². The Morgan fingerprint density at radius 3 is 2.62 bits per heavy atom. The minimum absolute atomic E-state index is 0.0300. The Kier molecular flexibility index (Phi) is 6.85. The zero-order valence-corrected chi connectivity index (χ0v) is 20.9. The van der Waals surface area contributed by atoms with Gasteiger partial charge in [-0.05, 0) is 42.5 Å². The number of benzene rings is 2. The van der Waals surface area contributed by atoms with Crippen molar-refractivity contribution in [1.82, 2.24) is 9.47 Å². The van der Waals surface area contributed by atoms with Crippen molar-refractivity contribution in [2.75, 3.05) is 33.4 Å². The molecule has 1 amide bonds. The summed E-state index contributed by atoms with van der Waals surface area (Å²) in [6.07, 6.45) is -1.27. The van der Waals surface area contributed by atoms with E-state index in [1.165, 1.54) is 19.2 Å². The molecule has 0 saturated carbocycles. The van der Waals surface area contributed by atoms with Crippen molar-refractivity contribution in [2.45, 2.75) is 31.0 Å². The first-order chi connectivity index (χ1) is 17.7. The molecule has 5 rings (SSSR count). The fourth-order valence-corrected chi connectivity index (χ4v) is 5.16. The van der Waals surface area contributed by atoms with Gasteiger partial charge in [0, 0.05) is 68.9 Å². The van der Waals surface area contributed by atoms with Gasteiger partial charge in [0.05, 0.1) is 23.6 Å². The molecular formula is C27H26ClF3N2O4. The van der Waals surface area contributed by atoms with Crippen molar-refractivity contribution in [3.8, 4) is 17.2 Å². The first-order valence-electron chi connectivity index (χ1n) is 12.0. The summed E-state index contributed by atoms with van der Waals surface area (Å²) in [7, 11) is 1.51. The average Bonchev–Trinajstić information content (AvgIpc) is 3.37. The van der Waals surface area contributed by atoms with Crippen LogP contribution < -0.4 is 9.47 Å². The summed E-state index contributed by atoms with van der Waals surface area (Å²) in [5.41, 5.74) is 0.208. The Morgan fingerprint density at radius 1 is 1.11 bits per heavy atom. The average molecular weight is 535 g/mol. The molecule has 6 nitrogen and oxygen atoms in total. The molecule has 0 N–H and O–H groups in total. The number of rotatable bonds is 6. The fourth-order valence-electron chi connectivity index (χ4n) is 5.00. The normalized spacial score (nSPS) is 16.2. The van der Waals surface area contributed by atoms with Crippen LogP contribution in [0.4, 0.5) is 13.2 Å². The first kappa shape index (κ1) is 25.5. The maximum atomic E-state index is 13.7. The van der Waals surface area contributed by atoms with Crippen molar-refractivity contribution in [3.63, 3.8) is 0 Å². The minimum atomic E-state index is -4.66. The summed E-state index contributed by atoms with van der Waals surface area (Å²) in [6, 6.07) is 12.9. The van der Waals surface area contributed by atoms with Gasteiger partial charge in [-0.2, -0.15) is 13.2 Å². The Bertz CT molecular complexity index is 1300. The SMILES string of the molecule is COCCCOc1ccc(C(=O)N2CCC3(CC2)Oc2cc(Cl)ccc2-n2cccc23)cc1C(F)(F)F. The molecule has 2 aliphatic heterocycles. The van der Waals surface area contributed by atoms with Gasteiger partial charge in [0.25, 0.3) is 5.91 Å². The molecule has 196 valence electrons. The highest BCUT2D eigenvalue weighted by Gasteiger charge is 2.45. The second kappa shape index (κ2) is 9.95. The summed E-state index contributed by atoms with van der Waals surface area (Å²) in [6.45, 7) is 1.11. The van der Waals surface area contributed by atoms with Gasteiger partial charge in [0.1, 0.15) is 11.5 Å². The Morgan fingerprint density at radius 2 is 1.89 bits per heavy atom. The van der Waals surface area contributed by atoms with Crippen LogP contribution in [0.3, 0.4) is 0 Å². The van der Waals surface area contributed by atoms with Crippen LogP contribution in [0.15, 0.2) is 54.7 Å². The molecule has 3 heterocycles.